The summed E-state index contributed by atoms with van der Waals surface area (Å²) in [5.41, 5.74) is 2.44. The number of benzene rings is 1. The maximum Gasteiger partial charge on any atom is 0.244 e. The van der Waals surface area contributed by atoms with Crippen molar-refractivity contribution < 1.29 is 4.74 Å². The van der Waals surface area contributed by atoms with Crippen LogP contribution in [0.3, 0.4) is 0 Å². The number of ether oxygens (including phenoxy) is 1. The summed E-state index contributed by atoms with van der Waals surface area (Å²) < 4.78 is 5.58. The first-order chi connectivity index (χ1) is 10.8. The van der Waals surface area contributed by atoms with E-state index in [0.29, 0.717) is 12.5 Å². The van der Waals surface area contributed by atoms with E-state index in [1.54, 1.807) is 6.20 Å². The number of aryl methyl sites for hydroxylation is 1. The van der Waals surface area contributed by atoms with E-state index >= 15 is 0 Å². The van der Waals surface area contributed by atoms with Crippen molar-refractivity contribution in [3.63, 3.8) is 0 Å². The second kappa shape index (κ2) is 7.17. The van der Waals surface area contributed by atoms with Gasteiger partial charge in [0, 0.05) is 19.7 Å². The van der Waals surface area contributed by atoms with E-state index < -0.39 is 0 Å². The molecule has 1 unspecified atom stereocenters. The van der Waals surface area contributed by atoms with E-state index in [-0.39, 0.29) is 6.10 Å². The van der Waals surface area contributed by atoms with Crippen molar-refractivity contribution in [2.75, 3.05) is 23.8 Å². The summed E-state index contributed by atoms with van der Waals surface area (Å²) in [5, 5.41) is 14.4. The molecule has 0 saturated carbocycles. The smallest absolute Gasteiger partial charge is 0.244 e. The van der Waals surface area contributed by atoms with Crippen molar-refractivity contribution in [3.8, 4) is 0 Å². The normalized spacial score (nSPS) is 17.4. The van der Waals surface area contributed by atoms with E-state index in [4.69, 9.17) is 4.74 Å². The van der Waals surface area contributed by atoms with Gasteiger partial charge in [0.2, 0.25) is 5.95 Å². The zero-order valence-electron chi connectivity index (χ0n) is 12.7. The predicted molar refractivity (Wildman–Crippen MR) is 85.8 cm³/mol. The molecule has 6 nitrogen and oxygen atoms in total. The standard InChI is InChI=1S/C16H21N5O/c1-12-4-6-13(7-5-12)9-18-16-20-15(11-19-21-16)17-10-14-3-2-8-22-14/h4-7,11,14H,2-3,8-10H2,1H3,(H2,17,18,20,21). The molecule has 1 aliphatic heterocycles. The lowest BCUT2D eigenvalue weighted by Crippen LogP contribution is -2.19. The monoisotopic (exact) mass is 299 g/mol. The first-order valence-corrected chi connectivity index (χ1v) is 7.64. The number of hydrogen-bond donors (Lipinski definition) is 2. The van der Waals surface area contributed by atoms with Crippen molar-refractivity contribution >= 4 is 11.8 Å². The molecule has 0 aliphatic carbocycles. The molecule has 3 rings (SSSR count). The Morgan fingerprint density at radius 1 is 1.23 bits per heavy atom. The molecule has 116 valence electrons. The van der Waals surface area contributed by atoms with Crippen molar-refractivity contribution in [3.05, 3.63) is 41.6 Å². The van der Waals surface area contributed by atoms with Gasteiger partial charge in [-0.2, -0.15) is 10.1 Å². The van der Waals surface area contributed by atoms with Crippen LogP contribution in [0.4, 0.5) is 11.8 Å². The second-order valence-electron chi connectivity index (χ2n) is 5.52. The second-order valence-corrected chi connectivity index (χ2v) is 5.52. The SMILES string of the molecule is Cc1ccc(CNc2nncc(NCC3CCCO3)n2)cc1. The van der Waals surface area contributed by atoms with Gasteiger partial charge in [0.15, 0.2) is 5.82 Å². The molecular weight excluding hydrogens is 278 g/mol. The first-order valence-electron chi connectivity index (χ1n) is 7.64. The molecule has 1 aromatic carbocycles. The fraction of sp³-hybridized carbons (Fsp3) is 0.438. The highest BCUT2D eigenvalue weighted by molar-refractivity contribution is 5.37. The fourth-order valence-electron chi connectivity index (χ4n) is 2.37. The molecule has 2 N–H and O–H groups in total. The lowest BCUT2D eigenvalue weighted by molar-refractivity contribution is 0.120. The number of aromatic nitrogens is 3. The summed E-state index contributed by atoms with van der Waals surface area (Å²) in [7, 11) is 0. The van der Waals surface area contributed by atoms with Crippen LogP contribution < -0.4 is 10.6 Å². The third-order valence-electron chi connectivity index (χ3n) is 3.66. The van der Waals surface area contributed by atoms with Gasteiger partial charge in [-0.3, -0.25) is 0 Å². The van der Waals surface area contributed by atoms with Crippen LogP contribution >= 0.6 is 0 Å². The number of nitrogens with zero attached hydrogens (tertiary/aromatic N) is 3. The van der Waals surface area contributed by atoms with Crippen LogP contribution in [-0.4, -0.2) is 34.4 Å². The maximum absolute atomic E-state index is 5.58. The average Bonchev–Trinajstić information content (AvgIpc) is 3.06. The van der Waals surface area contributed by atoms with Crippen LogP contribution in [0.25, 0.3) is 0 Å². The minimum Gasteiger partial charge on any atom is -0.376 e. The van der Waals surface area contributed by atoms with Gasteiger partial charge in [-0.15, -0.1) is 5.10 Å². The lowest BCUT2D eigenvalue weighted by Gasteiger charge is -2.11. The predicted octanol–water partition coefficient (Wildman–Crippen LogP) is 2.38. The highest BCUT2D eigenvalue weighted by Gasteiger charge is 2.15. The van der Waals surface area contributed by atoms with Crippen molar-refractivity contribution in [2.45, 2.75) is 32.4 Å². The van der Waals surface area contributed by atoms with Gasteiger partial charge < -0.3 is 15.4 Å². The largest absolute Gasteiger partial charge is 0.376 e. The van der Waals surface area contributed by atoms with E-state index in [9.17, 15) is 0 Å². The van der Waals surface area contributed by atoms with Gasteiger partial charge in [-0.25, -0.2) is 0 Å². The van der Waals surface area contributed by atoms with Gasteiger partial charge in [0.25, 0.3) is 0 Å². The summed E-state index contributed by atoms with van der Waals surface area (Å²) in [5.74, 6) is 1.25. The van der Waals surface area contributed by atoms with Crippen LogP contribution in [0, 0.1) is 6.92 Å². The van der Waals surface area contributed by atoms with Crippen LogP contribution in [0.5, 0.6) is 0 Å². The molecule has 1 aliphatic rings. The van der Waals surface area contributed by atoms with E-state index in [0.717, 1.165) is 31.8 Å². The Balaban J connectivity index is 1.52. The molecule has 1 saturated heterocycles. The van der Waals surface area contributed by atoms with Crippen LogP contribution in [0.1, 0.15) is 24.0 Å². The van der Waals surface area contributed by atoms with Crippen molar-refractivity contribution in [1.82, 2.24) is 15.2 Å². The summed E-state index contributed by atoms with van der Waals surface area (Å²) in [6.45, 7) is 4.37. The van der Waals surface area contributed by atoms with Gasteiger partial charge in [0.05, 0.1) is 12.3 Å². The number of anilines is 2. The molecule has 6 heteroatoms. The topological polar surface area (TPSA) is 72.0 Å². The Labute approximate surface area is 130 Å². The fourth-order valence-corrected chi connectivity index (χ4v) is 2.37. The molecule has 22 heavy (non-hydrogen) atoms. The molecule has 1 fully saturated rings. The average molecular weight is 299 g/mol. The van der Waals surface area contributed by atoms with E-state index in [2.05, 4.69) is 57.0 Å². The molecule has 0 radical (unpaired) electrons. The molecule has 0 bridgehead atoms. The minimum atomic E-state index is 0.277. The summed E-state index contributed by atoms with van der Waals surface area (Å²) in [6, 6.07) is 8.37. The number of hydrogen-bond acceptors (Lipinski definition) is 6. The molecule has 1 aromatic heterocycles. The molecule has 1 atom stereocenters. The Kier molecular flexibility index (Phi) is 4.80. The lowest BCUT2D eigenvalue weighted by atomic mass is 10.1. The van der Waals surface area contributed by atoms with Crippen LogP contribution in [-0.2, 0) is 11.3 Å². The molecule has 2 aromatic rings. The quantitative estimate of drug-likeness (QED) is 0.853. The third-order valence-corrected chi connectivity index (χ3v) is 3.66. The Bertz CT molecular complexity index is 596. The summed E-state index contributed by atoms with van der Waals surface area (Å²) in [4.78, 5) is 4.41. The highest BCUT2D eigenvalue weighted by Crippen LogP contribution is 2.13. The minimum absolute atomic E-state index is 0.277. The molecule has 0 spiro atoms. The van der Waals surface area contributed by atoms with Crippen LogP contribution in [0.15, 0.2) is 30.5 Å². The van der Waals surface area contributed by atoms with Gasteiger partial charge in [0.1, 0.15) is 0 Å². The molecular formula is C16H21N5O. The molecule has 2 heterocycles. The zero-order chi connectivity index (χ0) is 15.2. The third kappa shape index (κ3) is 4.14. The first kappa shape index (κ1) is 14.7. The van der Waals surface area contributed by atoms with Crippen molar-refractivity contribution in [1.29, 1.82) is 0 Å². The Hall–Kier alpha value is -2.21. The van der Waals surface area contributed by atoms with Gasteiger partial charge in [-0.05, 0) is 25.3 Å². The van der Waals surface area contributed by atoms with E-state index in [1.165, 1.54) is 11.1 Å². The van der Waals surface area contributed by atoms with Gasteiger partial charge in [-0.1, -0.05) is 29.8 Å². The van der Waals surface area contributed by atoms with Gasteiger partial charge >= 0.3 is 0 Å². The number of rotatable bonds is 6. The number of nitrogens with one attached hydrogen (secondary N) is 2. The Morgan fingerprint density at radius 2 is 2.09 bits per heavy atom. The highest BCUT2D eigenvalue weighted by atomic mass is 16.5. The van der Waals surface area contributed by atoms with Crippen LogP contribution in [0.2, 0.25) is 0 Å². The maximum atomic E-state index is 5.58. The molecule has 0 amide bonds. The van der Waals surface area contributed by atoms with Crippen molar-refractivity contribution in [2.24, 2.45) is 0 Å². The summed E-state index contributed by atoms with van der Waals surface area (Å²) in [6.07, 6.45) is 4.15. The summed E-state index contributed by atoms with van der Waals surface area (Å²) >= 11 is 0. The van der Waals surface area contributed by atoms with E-state index in [1.807, 2.05) is 0 Å². The zero-order valence-corrected chi connectivity index (χ0v) is 12.7. The Morgan fingerprint density at radius 3 is 2.86 bits per heavy atom.